The maximum atomic E-state index is 6.10. The zero-order chi connectivity index (χ0) is 9.26. The van der Waals surface area contributed by atoms with E-state index in [4.69, 9.17) is 11.6 Å². The molecule has 1 heterocycles. The molecule has 1 atom stereocenters. The van der Waals surface area contributed by atoms with Crippen LogP contribution in [0.1, 0.15) is 12.5 Å². The number of allylic oxidation sites excluding steroid dienone is 1. The first-order valence-corrected chi connectivity index (χ1v) is 5.73. The van der Waals surface area contributed by atoms with E-state index in [0.717, 1.165) is 5.02 Å². The van der Waals surface area contributed by atoms with Crippen molar-refractivity contribution in [3.05, 3.63) is 40.9 Å². The third-order valence-corrected chi connectivity index (χ3v) is 3.77. The van der Waals surface area contributed by atoms with Crippen LogP contribution in [-0.4, -0.2) is 5.75 Å². The van der Waals surface area contributed by atoms with Crippen molar-refractivity contribution < 1.29 is 0 Å². The summed E-state index contributed by atoms with van der Waals surface area (Å²) in [5.41, 5.74) is 1.18. The normalized spacial score (nSPS) is 21.7. The van der Waals surface area contributed by atoms with Crippen molar-refractivity contribution in [1.82, 2.24) is 0 Å². The molecule has 2 heteroatoms. The second kappa shape index (κ2) is 3.77. The minimum atomic E-state index is 0.677. The highest BCUT2D eigenvalue weighted by Crippen LogP contribution is 2.39. The van der Waals surface area contributed by atoms with Gasteiger partial charge < -0.3 is 0 Å². The molecule has 0 spiro atoms. The molecule has 0 N–H and O–H groups in total. The number of rotatable bonds is 1. The van der Waals surface area contributed by atoms with Gasteiger partial charge in [0.1, 0.15) is 0 Å². The Bertz CT molecular complexity index is 344. The monoisotopic (exact) mass is 210 g/mol. The topological polar surface area (TPSA) is 0 Å². The van der Waals surface area contributed by atoms with Gasteiger partial charge >= 0.3 is 0 Å². The van der Waals surface area contributed by atoms with Gasteiger partial charge in [-0.25, -0.2) is 0 Å². The Balaban J connectivity index is 2.36. The van der Waals surface area contributed by atoms with Gasteiger partial charge in [0.15, 0.2) is 0 Å². The molecule has 0 bridgehead atoms. The van der Waals surface area contributed by atoms with E-state index in [1.165, 1.54) is 16.2 Å². The van der Waals surface area contributed by atoms with Crippen molar-refractivity contribution in [2.45, 2.75) is 6.92 Å². The fourth-order valence-electron chi connectivity index (χ4n) is 1.40. The van der Waals surface area contributed by atoms with E-state index in [1.54, 1.807) is 0 Å². The molecule has 2 rings (SSSR count). The van der Waals surface area contributed by atoms with Crippen molar-refractivity contribution >= 4 is 28.3 Å². The fourth-order valence-corrected chi connectivity index (χ4v) is 2.90. The number of thioether (sulfide) groups is 1. The van der Waals surface area contributed by atoms with Crippen LogP contribution in [0.4, 0.5) is 0 Å². The minimum Gasteiger partial charge on any atom is -0.125 e. The summed E-state index contributed by atoms with van der Waals surface area (Å²) in [4.78, 5) is 1.33. The minimum absolute atomic E-state index is 0.677. The Kier molecular flexibility index (Phi) is 2.66. The summed E-state index contributed by atoms with van der Waals surface area (Å²) in [5, 5.41) is 0.857. The van der Waals surface area contributed by atoms with Gasteiger partial charge in [-0.3, -0.25) is 0 Å². The summed E-state index contributed by atoms with van der Waals surface area (Å²) >= 11 is 7.99. The lowest BCUT2D eigenvalue weighted by atomic mass is 10.1. The third kappa shape index (κ3) is 1.92. The van der Waals surface area contributed by atoms with Gasteiger partial charge in [0.25, 0.3) is 0 Å². The molecule has 68 valence electrons. The smallest absolute Gasteiger partial charge is 0.0489 e. The molecule has 0 nitrogen and oxygen atoms in total. The molecule has 0 fully saturated rings. The summed E-state index contributed by atoms with van der Waals surface area (Å²) in [6.07, 6.45) is 2.30. The molecule has 1 aliphatic rings. The molecule has 0 unspecified atom stereocenters. The highest BCUT2D eigenvalue weighted by Gasteiger charge is 2.15. The van der Waals surface area contributed by atoms with Crippen LogP contribution >= 0.6 is 23.4 Å². The Morgan fingerprint density at radius 3 is 2.77 bits per heavy atom. The van der Waals surface area contributed by atoms with Crippen LogP contribution < -0.4 is 0 Å². The van der Waals surface area contributed by atoms with E-state index in [9.17, 15) is 0 Å². The highest BCUT2D eigenvalue weighted by molar-refractivity contribution is 8.08. The lowest BCUT2D eigenvalue weighted by Gasteiger charge is -2.02. The molecule has 0 saturated heterocycles. The molecule has 1 aromatic carbocycles. The molecule has 0 amide bonds. The number of hydrogen-bond acceptors (Lipinski definition) is 1. The van der Waals surface area contributed by atoms with E-state index in [0.29, 0.717) is 5.92 Å². The third-order valence-electron chi connectivity index (χ3n) is 2.08. The van der Waals surface area contributed by atoms with Crippen LogP contribution in [0.25, 0.3) is 4.91 Å². The van der Waals surface area contributed by atoms with Crippen molar-refractivity contribution in [2.75, 3.05) is 5.75 Å². The molecule has 0 radical (unpaired) electrons. The first-order valence-electron chi connectivity index (χ1n) is 4.37. The number of halogens is 1. The van der Waals surface area contributed by atoms with Crippen molar-refractivity contribution in [3.63, 3.8) is 0 Å². The SMILES string of the molecule is C[C@H]1C=C(c2ccccc2Cl)SC1. The van der Waals surface area contributed by atoms with Gasteiger partial charge in [-0.05, 0) is 12.0 Å². The molecule has 0 saturated carbocycles. The maximum Gasteiger partial charge on any atom is 0.0489 e. The van der Waals surface area contributed by atoms with Gasteiger partial charge in [0.05, 0.1) is 0 Å². The average molecular weight is 211 g/mol. The van der Waals surface area contributed by atoms with Crippen LogP contribution in [0.3, 0.4) is 0 Å². The zero-order valence-electron chi connectivity index (χ0n) is 7.46. The molecule has 1 aromatic rings. The van der Waals surface area contributed by atoms with Gasteiger partial charge in [0, 0.05) is 21.2 Å². The van der Waals surface area contributed by atoms with Gasteiger partial charge in [-0.1, -0.05) is 42.8 Å². The first-order chi connectivity index (χ1) is 6.27. The predicted molar refractivity (Wildman–Crippen MR) is 61.1 cm³/mol. The number of benzene rings is 1. The lowest BCUT2D eigenvalue weighted by molar-refractivity contribution is 0.862. The molecule has 1 aliphatic heterocycles. The van der Waals surface area contributed by atoms with Crippen LogP contribution in [0.15, 0.2) is 30.3 Å². The largest absolute Gasteiger partial charge is 0.125 e. The van der Waals surface area contributed by atoms with Crippen LogP contribution in [0, 0.1) is 5.92 Å². The summed E-state index contributed by atoms with van der Waals surface area (Å²) in [5.74, 6) is 1.86. The Morgan fingerprint density at radius 2 is 2.15 bits per heavy atom. The van der Waals surface area contributed by atoms with Gasteiger partial charge in [-0.2, -0.15) is 0 Å². The van der Waals surface area contributed by atoms with E-state index in [-0.39, 0.29) is 0 Å². The number of hydrogen-bond donors (Lipinski definition) is 0. The quantitative estimate of drug-likeness (QED) is 0.674. The predicted octanol–water partition coefficient (Wildman–Crippen LogP) is 4.06. The fraction of sp³-hybridized carbons (Fsp3) is 0.273. The van der Waals surface area contributed by atoms with E-state index < -0.39 is 0 Å². The van der Waals surface area contributed by atoms with Gasteiger partial charge in [-0.15, -0.1) is 11.8 Å². The Morgan fingerprint density at radius 1 is 1.38 bits per heavy atom. The van der Waals surface area contributed by atoms with E-state index >= 15 is 0 Å². The van der Waals surface area contributed by atoms with E-state index in [1.807, 2.05) is 30.0 Å². The van der Waals surface area contributed by atoms with Crippen molar-refractivity contribution in [3.8, 4) is 0 Å². The molecule has 0 aliphatic carbocycles. The summed E-state index contributed by atoms with van der Waals surface area (Å²) in [6, 6.07) is 8.03. The maximum absolute atomic E-state index is 6.10. The molecular weight excluding hydrogens is 200 g/mol. The molecular formula is C11H11ClS. The first kappa shape index (κ1) is 9.17. The Labute approximate surface area is 88.0 Å². The second-order valence-electron chi connectivity index (χ2n) is 3.30. The van der Waals surface area contributed by atoms with E-state index in [2.05, 4.69) is 19.1 Å². The van der Waals surface area contributed by atoms with Crippen LogP contribution in [-0.2, 0) is 0 Å². The van der Waals surface area contributed by atoms with Gasteiger partial charge in [0.2, 0.25) is 0 Å². The lowest BCUT2D eigenvalue weighted by Crippen LogP contribution is -1.83. The summed E-state index contributed by atoms with van der Waals surface area (Å²) in [6.45, 7) is 2.23. The zero-order valence-corrected chi connectivity index (χ0v) is 9.03. The van der Waals surface area contributed by atoms with Crippen LogP contribution in [0.2, 0.25) is 5.02 Å². The standard InChI is InChI=1S/C11H11ClS/c1-8-6-11(13-7-8)9-4-2-3-5-10(9)12/h2-6,8H,7H2,1H3/t8-/m0/s1. The molecule has 13 heavy (non-hydrogen) atoms. The average Bonchev–Trinajstić information content (AvgIpc) is 2.53. The second-order valence-corrected chi connectivity index (χ2v) is 4.77. The summed E-state index contributed by atoms with van der Waals surface area (Å²) < 4.78 is 0. The van der Waals surface area contributed by atoms with Crippen molar-refractivity contribution in [2.24, 2.45) is 5.92 Å². The van der Waals surface area contributed by atoms with Crippen molar-refractivity contribution in [1.29, 1.82) is 0 Å². The Hall–Kier alpha value is -0.400. The highest BCUT2D eigenvalue weighted by atomic mass is 35.5. The van der Waals surface area contributed by atoms with Crippen LogP contribution in [0.5, 0.6) is 0 Å². The summed E-state index contributed by atoms with van der Waals surface area (Å²) in [7, 11) is 0. The molecule has 0 aromatic heterocycles.